The lowest BCUT2D eigenvalue weighted by Crippen LogP contribution is -2.38. The maximum absolute atomic E-state index is 13.2. The number of rotatable bonds is 3. The van der Waals surface area contributed by atoms with Crippen LogP contribution >= 0.6 is 0 Å². The zero-order chi connectivity index (χ0) is 17.8. The minimum absolute atomic E-state index is 0.192. The molecular formula is C18H16F2N4O. The number of pyridine rings is 1. The van der Waals surface area contributed by atoms with Crippen molar-refractivity contribution in [2.75, 3.05) is 23.3 Å². The number of amides is 1. The van der Waals surface area contributed by atoms with Crippen molar-refractivity contribution >= 4 is 17.4 Å². The van der Waals surface area contributed by atoms with E-state index >= 15 is 0 Å². The molecule has 0 unspecified atom stereocenters. The number of carbonyl (C=O) groups excluding carboxylic acids is 1. The second-order valence-electron chi connectivity index (χ2n) is 5.90. The lowest BCUT2D eigenvalue weighted by molar-refractivity contribution is -0.120. The summed E-state index contributed by atoms with van der Waals surface area (Å²) >= 11 is 0. The van der Waals surface area contributed by atoms with E-state index in [1.54, 1.807) is 12.1 Å². The molecule has 0 atom stereocenters. The van der Waals surface area contributed by atoms with E-state index in [1.165, 1.54) is 12.3 Å². The standard InChI is InChI=1S/C18H16F2N4O/c19-15-3-2-14(9-16(15)20)23-18(25)13-5-7-24(8-6-13)17-4-1-12(10-21)11-22-17/h1-4,9,11,13H,5-8H2,(H,23,25). The van der Waals surface area contributed by atoms with Crippen molar-refractivity contribution < 1.29 is 13.6 Å². The molecular weight excluding hydrogens is 326 g/mol. The number of carbonyl (C=O) groups is 1. The van der Waals surface area contributed by atoms with E-state index in [0.717, 1.165) is 18.0 Å². The largest absolute Gasteiger partial charge is 0.357 e. The van der Waals surface area contributed by atoms with Gasteiger partial charge in [-0.1, -0.05) is 0 Å². The number of anilines is 2. The lowest BCUT2D eigenvalue weighted by Gasteiger charge is -2.32. The molecule has 1 N–H and O–H groups in total. The van der Waals surface area contributed by atoms with E-state index in [1.807, 2.05) is 6.07 Å². The molecule has 1 aliphatic rings. The SMILES string of the molecule is N#Cc1ccc(N2CCC(C(=O)Nc3ccc(F)c(F)c3)CC2)nc1. The predicted molar refractivity (Wildman–Crippen MR) is 88.9 cm³/mol. The van der Waals surface area contributed by atoms with E-state index in [4.69, 9.17) is 5.26 Å². The van der Waals surface area contributed by atoms with Crippen LogP contribution in [0.25, 0.3) is 0 Å². The quantitative estimate of drug-likeness (QED) is 0.931. The molecule has 1 aliphatic heterocycles. The van der Waals surface area contributed by atoms with E-state index in [9.17, 15) is 13.6 Å². The molecule has 2 heterocycles. The summed E-state index contributed by atoms with van der Waals surface area (Å²) in [6.07, 6.45) is 2.80. The maximum atomic E-state index is 13.2. The van der Waals surface area contributed by atoms with Crippen LogP contribution in [0.2, 0.25) is 0 Å². The summed E-state index contributed by atoms with van der Waals surface area (Å²) in [4.78, 5) is 18.6. The Morgan fingerprint density at radius 3 is 2.56 bits per heavy atom. The summed E-state index contributed by atoms with van der Waals surface area (Å²) in [6, 6.07) is 8.83. The summed E-state index contributed by atoms with van der Waals surface area (Å²) in [5.41, 5.74) is 0.754. The van der Waals surface area contributed by atoms with Crippen molar-refractivity contribution in [3.05, 3.63) is 53.7 Å². The number of aromatic nitrogens is 1. The molecule has 0 spiro atoms. The number of halogens is 2. The molecule has 2 aromatic rings. The van der Waals surface area contributed by atoms with E-state index in [2.05, 4.69) is 15.2 Å². The molecule has 0 aliphatic carbocycles. The Morgan fingerprint density at radius 2 is 1.96 bits per heavy atom. The first-order valence-corrected chi connectivity index (χ1v) is 7.94. The van der Waals surface area contributed by atoms with Gasteiger partial charge >= 0.3 is 0 Å². The minimum atomic E-state index is -0.987. The Morgan fingerprint density at radius 1 is 1.20 bits per heavy atom. The van der Waals surface area contributed by atoms with Gasteiger partial charge in [-0.25, -0.2) is 13.8 Å². The molecule has 1 amide bonds. The molecule has 25 heavy (non-hydrogen) atoms. The number of benzene rings is 1. The zero-order valence-corrected chi connectivity index (χ0v) is 13.4. The number of nitrogens with zero attached hydrogens (tertiary/aromatic N) is 3. The Kier molecular flexibility index (Phi) is 4.89. The summed E-state index contributed by atoms with van der Waals surface area (Å²) in [7, 11) is 0. The number of hydrogen-bond donors (Lipinski definition) is 1. The van der Waals surface area contributed by atoms with Gasteiger partial charge < -0.3 is 10.2 Å². The van der Waals surface area contributed by atoms with Gasteiger partial charge in [-0.05, 0) is 37.1 Å². The second-order valence-corrected chi connectivity index (χ2v) is 5.90. The molecule has 1 fully saturated rings. The molecule has 7 heteroatoms. The summed E-state index contributed by atoms with van der Waals surface area (Å²) in [6.45, 7) is 1.32. The fourth-order valence-corrected chi connectivity index (χ4v) is 2.83. The van der Waals surface area contributed by atoms with Crippen LogP contribution in [0.4, 0.5) is 20.3 Å². The van der Waals surface area contributed by atoms with E-state index in [0.29, 0.717) is 31.5 Å². The van der Waals surface area contributed by atoms with Gasteiger partial charge in [0.15, 0.2) is 11.6 Å². The summed E-state index contributed by atoms with van der Waals surface area (Å²) < 4.78 is 26.1. The van der Waals surface area contributed by atoms with E-state index in [-0.39, 0.29) is 17.5 Å². The first-order valence-electron chi connectivity index (χ1n) is 7.94. The minimum Gasteiger partial charge on any atom is -0.357 e. The lowest BCUT2D eigenvalue weighted by atomic mass is 9.95. The zero-order valence-electron chi connectivity index (χ0n) is 13.4. The van der Waals surface area contributed by atoms with Crippen molar-refractivity contribution in [3.8, 4) is 6.07 Å². The number of hydrogen-bond acceptors (Lipinski definition) is 4. The summed E-state index contributed by atoms with van der Waals surface area (Å²) in [5, 5.41) is 11.4. The average molecular weight is 342 g/mol. The molecule has 1 aromatic heterocycles. The normalized spacial score (nSPS) is 14.8. The van der Waals surface area contributed by atoms with Crippen LogP contribution < -0.4 is 10.2 Å². The first kappa shape index (κ1) is 16.8. The fraction of sp³-hybridized carbons (Fsp3) is 0.278. The van der Waals surface area contributed by atoms with Crippen LogP contribution in [-0.4, -0.2) is 24.0 Å². The highest BCUT2D eigenvalue weighted by Gasteiger charge is 2.25. The maximum Gasteiger partial charge on any atom is 0.227 e. The van der Waals surface area contributed by atoms with Crippen LogP contribution in [0, 0.1) is 28.9 Å². The Balaban J connectivity index is 1.56. The predicted octanol–water partition coefficient (Wildman–Crippen LogP) is 3.09. The molecule has 0 bridgehead atoms. The van der Waals surface area contributed by atoms with Gasteiger partial charge in [-0.2, -0.15) is 5.26 Å². The third kappa shape index (κ3) is 3.91. The van der Waals surface area contributed by atoms with Crippen molar-refractivity contribution in [1.29, 1.82) is 5.26 Å². The first-order chi connectivity index (χ1) is 12.1. The van der Waals surface area contributed by atoms with Gasteiger partial charge in [-0.15, -0.1) is 0 Å². The highest BCUT2D eigenvalue weighted by atomic mass is 19.2. The van der Waals surface area contributed by atoms with Crippen LogP contribution in [0.3, 0.4) is 0 Å². The number of piperidine rings is 1. The molecule has 1 saturated heterocycles. The Bertz CT molecular complexity index is 809. The Labute approximate surface area is 143 Å². The van der Waals surface area contributed by atoms with Crippen LogP contribution in [0.1, 0.15) is 18.4 Å². The van der Waals surface area contributed by atoms with E-state index < -0.39 is 11.6 Å². The number of nitriles is 1. The van der Waals surface area contributed by atoms with Gasteiger partial charge in [0, 0.05) is 37.0 Å². The van der Waals surface area contributed by atoms with Crippen LogP contribution in [0.15, 0.2) is 36.5 Å². The van der Waals surface area contributed by atoms with Gasteiger partial charge in [0.2, 0.25) is 5.91 Å². The fourth-order valence-electron chi connectivity index (χ4n) is 2.83. The Hall–Kier alpha value is -3.01. The highest BCUT2D eigenvalue weighted by molar-refractivity contribution is 5.92. The van der Waals surface area contributed by atoms with Crippen LogP contribution in [-0.2, 0) is 4.79 Å². The third-order valence-electron chi connectivity index (χ3n) is 4.25. The van der Waals surface area contributed by atoms with Gasteiger partial charge in [-0.3, -0.25) is 4.79 Å². The monoisotopic (exact) mass is 342 g/mol. The molecule has 3 rings (SSSR count). The van der Waals surface area contributed by atoms with Gasteiger partial charge in [0.1, 0.15) is 11.9 Å². The van der Waals surface area contributed by atoms with Gasteiger partial charge in [0.05, 0.1) is 5.56 Å². The molecule has 1 aromatic carbocycles. The highest BCUT2D eigenvalue weighted by Crippen LogP contribution is 2.23. The van der Waals surface area contributed by atoms with Gasteiger partial charge in [0.25, 0.3) is 0 Å². The van der Waals surface area contributed by atoms with Crippen molar-refractivity contribution in [1.82, 2.24) is 4.98 Å². The second kappa shape index (κ2) is 7.26. The molecule has 128 valence electrons. The number of nitrogens with one attached hydrogen (secondary N) is 1. The van der Waals surface area contributed by atoms with Crippen molar-refractivity contribution in [3.63, 3.8) is 0 Å². The smallest absolute Gasteiger partial charge is 0.227 e. The molecule has 5 nitrogen and oxygen atoms in total. The third-order valence-corrected chi connectivity index (χ3v) is 4.25. The van der Waals surface area contributed by atoms with Crippen molar-refractivity contribution in [2.24, 2.45) is 5.92 Å². The average Bonchev–Trinajstić information content (AvgIpc) is 2.65. The molecule has 0 radical (unpaired) electrons. The topological polar surface area (TPSA) is 69.0 Å². The van der Waals surface area contributed by atoms with Crippen LogP contribution in [0.5, 0.6) is 0 Å². The van der Waals surface area contributed by atoms with Crippen molar-refractivity contribution in [2.45, 2.75) is 12.8 Å². The summed E-state index contributed by atoms with van der Waals surface area (Å²) in [5.74, 6) is -1.54. The molecule has 0 saturated carbocycles.